The van der Waals surface area contributed by atoms with Crippen LogP contribution in [0.4, 0.5) is 0 Å². The second-order valence-electron chi connectivity index (χ2n) is 6.10. The van der Waals surface area contributed by atoms with E-state index >= 15 is 0 Å². The number of hydrogen-bond donors (Lipinski definition) is 0. The van der Waals surface area contributed by atoms with Gasteiger partial charge >= 0.3 is 5.97 Å². The van der Waals surface area contributed by atoms with Crippen LogP contribution in [0.25, 0.3) is 0 Å². The van der Waals surface area contributed by atoms with Crippen LogP contribution in [0.5, 0.6) is 0 Å². The fourth-order valence-electron chi connectivity index (χ4n) is 3.43. The summed E-state index contributed by atoms with van der Waals surface area (Å²) >= 11 is 0. The van der Waals surface area contributed by atoms with Crippen molar-refractivity contribution < 1.29 is 9.53 Å². The summed E-state index contributed by atoms with van der Waals surface area (Å²) in [4.78, 5) is 14.8. The average molecular weight is 303 g/mol. The Kier molecular flexibility index (Phi) is 6.91. The number of rotatable bonds is 7. The van der Waals surface area contributed by atoms with Gasteiger partial charge in [-0.25, -0.2) is 0 Å². The van der Waals surface area contributed by atoms with Gasteiger partial charge in [-0.2, -0.15) is 0 Å². The molecule has 2 unspecified atom stereocenters. The molecule has 122 valence electrons. The van der Waals surface area contributed by atoms with Crippen molar-refractivity contribution in [3.05, 3.63) is 35.9 Å². The molecule has 22 heavy (non-hydrogen) atoms. The van der Waals surface area contributed by atoms with Crippen molar-refractivity contribution in [2.24, 2.45) is 5.92 Å². The highest BCUT2D eigenvalue weighted by atomic mass is 16.5. The first kappa shape index (κ1) is 17.0. The zero-order chi connectivity index (χ0) is 15.8. The Labute approximate surface area is 134 Å². The summed E-state index contributed by atoms with van der Waals surface area (Å²) in [6.45, 7) is 7.63. The third-order valence-corrected chi connectivity index (χ3v) is 4.84. The summed E-state index contributed by atoms with van der Waals surface area (Å²) in [5.74, 6) is 0.365. The van der Waals surface area contributed by atoms with Crippen LogP contribution in [0.2, 0.25) is 0 Å². The minimum absolute atomic E-state index is 0.000657. The summed E-state index contributed by atoms with van der Waals surface area (Å²) in [5.41, 5.74) is 1.29. The van der Waals surface area contributed by atoms with Crippen molar-refractivity contribution >= 4 is 5.97 Å². The lowest BCUT2D eigenvalue weighted by Gasteiger charge is -2.30. The zero-order valence-corrected chi connectivity index (χ0v) is 14.0. The van der Waals surface area contributed by atoms with Crippen molar-refractivity contribution in [3.8, 4) is 0 Å². The van der Waals surface area contributed by atoms with Crippen molar-refractivity contribution in [3.63, 3.8) is 0 Å². The number of carbonyl (C=O) groups excluding carboxylic acids is 1. The lowest BCUT2D eigenvalue weighted by molar-refractivity contribution is -0.150. The molecule has 0 radical (unpaired) electrons. The highest BCUT2D eigenvalue weighted by Gasteiger charge is 2.32. The summed E-state index contributed by atoms with van der Waals surface area (Å²) in [7, 11) is 0. The van der Waals surface area contributed by atoms with Crippen LogP contribution < -0.4 is 0 Å². The van der Waals surface area contributed by atoms with Crippen LogP contribution in [0.1, 0.15) is 51.0 Å². The van der Waals surface area contributed by atoms with Crippen molar-refractivity contribution in [2.45, 2.75) is 45.4 Å². The minimum Gasteiger partial charge on any atom is -0.464 e. The highest BCUT2D eigenvalue weighted by molar-refractivity contribution is 5.74. The molecule has 3 nitrogen and oxygen atoms in total. The molecule has 0 bridgehead atoms. The molecule has 0 N–H and O–H groups in total. The van der Waals surface area contributed by atoms with Crippen molar-refractivity contribution in [1.29, 1.82) is 0 Å². The molecule has 3 heteroatoms. The van der Waals surface area contributed by atoms with Gasteiger partial charge in [0.15, 0.2) is 0 Å². The van der Waals surface area contributed by atoms with Crippen LogP contribution in [0.15, 0.2) is 30.3 Å². The Bertz CT molecular complexity index is 442. The lowest BCUT2D eigenvalue weighted by atomic mass is 9.75. The Morgan fingerprint density at radius 1 is 1.14 bits per heavy atom. The third kappa shape index (κ3) is 4.57. The topological polar surface area (TPSA) is 29.5 Å². The van der Waals surface area contributed by atoms with Gasteiger partial charge < -0.3 is 9.64 Å². The maximum Gasteiger partial charge on any atom is 0.309 e. The second-order valence-corrected chi connectivity index (χ2v) is 6.10. The Hall–Kier alpha value is -1.35. The van der Waals surface area contributed by atoms with Crippen LogP contribution in [-0.2, 0) is 9.53 Å². The quantitative estimate of drug-likeness (QED) is 0.717. The van der Waals surface area contributed by atoms with E-state index < -0.39 is 0 Å². The summed E-state index contributed by atoms with van der Waals surface area (Å²) < 4.78 is 5.59. The van der Waals surface area contributed by atoms with Gasteiger partial charge in [0.1, 0.15) is 6.61 Å². The number of ether oxygens (including phenoxy) is 1. The molecule has 1 aliphatic carbocycles. The maximum absolute atomic E-state index is 12.5. The van der Waals surface area contributed by atoms with Crippen LogP contribution >= 0.6 is 0 Å². The van der Waals surface area contributed by atoms with E-state index in [4.69, 9.17) is 4.74 Å². The molecule has 0 aliphatic heterocycles. The van der Waals surface area contributed by atoms with E-state index in [2.05, 4.69) is 43.0 Å². The molecule has 0 aromatic heterocycles. The fourth-order valence-corrected chi connectivity index (χ4v) is 3.43. The second kappa shape index (κ2) is 8.94. The van der Waals surface area contributed by atoms with E-state index in [0.29, 0.717) is 12.5 Å². The monoisotopic (exact) mass is 303 g/mol. The molecule has 2 atom stereocenters. The molecule has 0 spiro atoms. The van der Waals surface area contributed by atoms with E-state index in [1.165, 1.54) is 12.0 Å². The first-order valence-electron chi connectivity index (χ1n) is 8.70. The van der Waals surface area contributed by atoms with Crippen LogP contribution in [0, 0.1) is 5.92 Å². The van der Waals surface area contributed by atoms with Gasteiger partial charge in [-0.1, -0.05) is 57.0 Å². The van der Waals surface area contributed by atoms with Gasteiger partial charge in [0.25, 0.3) is 0 Å². The van der Waals surface area contributed by atoms with Crippen LogP contribution in [-0.4, -0.2) is 37.1 Å². The molecule has 0 heterocycles. The first-order chi connectivity index (χ1) is 10.8. The number of nitrogens with zero attached hydrogens (tertiary/aromatic N) is 1. The summed E-state index contributed by atoms with van der Waals surface area (Å²) in [6.07, 6.45) is 4.41. The van der Waals surface area contributed by atoms with Gasteiger partial charge in [-0.15, -0.1) is 0 Å². The SMILES string of the molecule is CCN(CC)CCOC(=O)C1CCCCC1c1ccccc1. The van der Waals surface area contributed by atoms with E-state index in [1.807, 2.05) is 6.07 Å². The molecule has 1 fully saturated rings. The van der Waals surface area contributed by atoms with E-state index in [9.17, 15) is 4.79 Å². The van der Waals surface area contributed by atoms with Gasteiger partial charge in [0, 0.05) is 6.54 Å². The number of likely N-dealkylation sites (N-methyl/N-ethyl adjacent to an activating group) is 1. The Balaban J connectivity index is 1.91. The lowest BCUT2D eigenvalue weighted by Crippen LogP contribution is -2.31. The molecule has 0 amide bonds. The first-order valence-corrected chi connectivity index (χ1v) is 8.70. The standard InChI is InChI=1S/C19H29NO2/c1-3-20(4-2)14-15-22-19(21)18-13-9-8-12-17(18)16-10-6-5-7-11-16/h5-7,10-11,17-18H,3-4,8-9,12-15H2,1-2H3. The van der Waals surface area contributed by atoms with Crippen molar-refractivity contribution in [2.75, 3.05) is 26.2 Å². The minimum atomic E-state index is 0.000657. The summed E-state index contributed by atoms with van der Waals surface area (Å²) in [6, 6.07) is 10.4. The number of esters is 1. The maximum atomic E-state index is 12.5. The predicted molar refractivity (Wildman–Crippen MR) is 89.9 cm³/mol. The predicted octanol–water partition coefficient (Wildman–Crippen LogP) is 3.85. The average Bonchev–Trinajstić information content (AvgIpc) is 2.59. The van der Waals surface area contributed by atoms with E-state index in [1.54, 1.807) is 0 Å². The fraction of sp³-hybridized carbons (Fsp3) is 0.632. The van der Waals surface area contributed by atoms with Gasteiger partial charge in [0.05, 0.1) is 5.92 Å². The molecule has 1 aromatic carbocycles. The number of hydrogen-bond acceptors (Lipinski definition) is 3. The van der Waals surface area contributed by atoms with Crippen molar-refractivity contribution in [1.82, 2.24) is 4.90 Å². The summed E-state index contributed by atoms with van der Waals surface area (Å²) in [5, 5.41) is 0. The number of benzene rings is 1. The zero-order valence-electron chi connectivity index (χ0n) is 14.0. The normalized spacial score (nSPS) is 21.8. The molecule has 2 rings (SSSR count). The van der Waals surface area contributed by atoms with Gasteiger partial charge in [-0.3, -0.25) is 4.79 Å². The van der Waals surface area contributed by atoms with Gasteiger partial charge in [-0.05, 0) is 37.4 Å². The molecule has 1 aliphatic rings. The molecule has 0 saturated heterocycles. The smallest absolute Gasteiger partial charge is 0.309 e. The highest BCUT2D eigenvalue weighted by Crippen LogP contribution is 2.38. The largest absolute Gasteiger partial charge is 0.464 e. The number of carbonyl (C=O) groups is 1. The van der Waals surface area contributed by atoms with E-state index in [-0.39, 0.29) is 11.9 Å². The van der Waals surface area contributed by atoms with E-state index in [0.717, 1.165) is 38.9 Å². The van der Waals surface area contributed by atoms with Gasteiger partial charge in [0.2, 0.25) is 0 Å². The molecule has 1 saturated carbocycles. The molecular weight excluding hydrogens is 274 g/mol. The Morgan fingerprint density at radius 2 is 1.82 bits per heavy atom. The molecule has 1 aromatic rings. The third-order valence-electron chi connectivity index (χ3n) is 4.84. The molecular formula is C19H29NO2. The Morgan fingerprint density at radius 3 is 2.50 bits per heavy atom. The van der Waals surface area contributed by atoms with Crippen LogP contribution in [0.3, 0.4) is 0 Å².